The molecule has 0 spiro atoms. The zero-order valence-corrected chi connectivity index (χ0v) is 11.0. The number of carbonyl (C=O) groups excluding carboxylic acids is 1. The van der Waals surface area contributed by atoms with Gasteiger partial charge in [-0.15, -0.1) is 0 Å². The molecule has 0 bridgehead atoms. The van der Waals surface area contributed by atoms with Gasteiger partial charge in [-0.2, -0.15) is 0 Å². The van der Waals surface area contributed by atoms with E-state index in [-0.39, 0.29) is 18.1 Å². The van der Waals surface area contributed by atoms with Crippen LogP contribution in [0.25, 0.3) is 0 Å². The average molecular weight is 269 g/mol. The van der Waals surface area contributed by atoms with Gasteiger partial charge in [-0.25, -0.2) is 0 Å². The molecular weight excluding hydrogens is 252 g/mol. The Kier molecular flexibility index (Phi) is 4.58. The van der Waals surface area contributed by atoms with Crippen molar-refractivity contribution in [3.8, 4) is 0 Å². The van der Waals surface area contributed by atoms with Gasteiger partial charge in [0.05, 0.1) is 18.6 Å². The van der Waals surface area contributed by atoms with Crippen LogP contribution < -0.4 is 10.6 Å². The van der Waals surface area contributed by atoms with Crippen LogP contribution in [0.3, 0.4) is 0 Å². The van der Waals surface area contributed by atoms with Crippen LogP contribution in [0.1, 0.15) is 5.56 Å². The van der Waals surface area contributed by atoms with Gasteiger partial charge in [-0.3, -0.25) is 4.79 Å². The van der Waals surface area contributed by atoms with E-state index in [0.717, 1.165) is 18.7 Å². The van der Waals surface area contributed by atoms with Crippen molar-refractivity contribution in [3.63, 3.8) is 0 Å². The van der Waals surface area contributed by atoms with Crippen LogP contribution in [-0.4, -0.2) is 38.3 Å². The van der Waals surface area contributed by atoms with Crippen LogP contribution in [-0.2, 0) is 16.0 Å². The summed E-state index contributed by atoms with van der Waals surface area (Å²) in [6.45, 7) is 1.53. The lowest BCUT2D eigenvalue weighted by Crippen LogP contribution is -2.44. The van der Waals surface area contributed by atoms with Crippen molar-refractivity contribution >= 4 is 17.5 Å². The smallest absolute Gasteiger partial charge is 0.224 e. The number of halogens is 1. The van der Waals surface area contributed by atoms with E-state index in [0.29, 0.717) is 11.4 Å². The number of hydrogen-bond donors (Lipinski definition) is 2. The van der Waals surface area contributed by atoms with E-state index >= 15 is 0 Å². The first kappa shape index (κ1) is 13.3. The van der Waals surface area contributed by atoms with E-state index in [2.05, 4.69) is 10.6 Å². The lowest BCUT2D eigenvalue weighted by Gasteiger charge is -2.18. The number of hydrogen-bond acceptors (Lipinski definition) is 3. The number of ether oxygens (including phenoxy) is 1. The third kappa shape index (κ3) is 3.45. The lowest BCUT2D eigenvalue weighted by molar-refractivity contribution is -0.121. The third-order valence-corrected chi connectivity index (χ3v) is 3.34. The first-order chi connectivity index (χ1) is 8.69. The van der Waals surface area contributed by atoms with E-state index in [4.69, 9.17) is 16.3 Å². The summed E-state index contributed by atoms with van der Waals surface area (Å²) in [6.07, 6.45) is 0.420. The molecule has 1 saturated heterocycles. The fourth-order valence-corrected chi connectivity index (χ4v) is 2.22. The minimum absolute atomic E-state index is 0.00747. The number of nitrogens with one attached hydrogen (secondary N) is 2. The van der Waals surface area contributed by atoms with Crippen LogP contribution in [0.5, 0.6) is 0 Å². The number of benzene rings is 1. The number of carbonyl (C=O) groups is 1. The van der Waals surface area contributed by atoms with Crippen molar-refractivity contribution in [2.45, 2.75) is 18.6 Å². The molecule has 1 unspecified atom stereocenters. The zero-order valence-electron chi connectivity index (χ0n) is 10.3. The van der Waals surface area contributed by atoms with E-state index < -0.39 is 0 Å². The predicted octanol–water partition coefficient (Wildman–Crippen LogP) is 0.986. The molecule has 18 heavy (non-hydrogen) atoms. The van der Waals surface area contributed by atoms with Gasteiger partial charge in [-0.1, -0.05) is 23.7 Å². The molecule has 0 saturated carbocycles. The molecule has 98 valence electrons. The van der Waals surface area contributed by atoms with Gasteiger partial charge in [0.25, 0.3) is 0 Å². The fourth-order valence-electron chi connectivity index (χ4n) is 2.09. The molecule has 1 aromatic carbocycles. The highest BCUT2D eigenvalue weighted by Crippen LogP contribution is 2.10. The second-order valence-electron chi connectivity index (χ2n) is 4.41. The fraction of sp³-hybridized carbons (Fsp3) is 0.462. The van der Waals surface area contributed by atoms with Gasteiger partial charge in [-0.05, 0) is 17.7 Å². The molecule has 1 aromatic rings. The van der Waals surface area contributed by atoms with Crippen LogP contribution in [0, 0.1) is 0 Å². The number of methoxy groups -OCH3 is 1. The van der Waals surface area contributed by atoms with Gasteiger partial charge in [0.15, 0.2) is 0 Å². The Balaban J connectivity index is 1.86. The number of amides is 1. The predicted molar refractivity (Wildman–Crippen MR) is 70.8 cm³/mol. The summed E-state index contributed by atoms with van der Waals surface area (Å²) in [6, 6.07) is 7.36. The van der Waals surface area contributed by atoms with Crippen LogP contribution in [0.15, 0.2) is 24.3 Å². The van der Waals surface area contributed by atoms with Gasteiger partial charge in [0, 0.05) is 25.2 Å². The zero-order chi connectivity index (χ0) is 13.0. The maximum absolute atomic E-state index is 11.9. The van der Waals surface area contributed by atoms with Crippen LogP contribution in [0.4, 0.5) is 0 Å². The van der Waals surface area contributed by atoms with Crippen molar-refractivity contribution in [2.24, 2.45) is 0 Å². The van der Waals surface area contributed by atoms with Crippen molar-refractivity contribution < 1.29 is 9.53 Å². The van der Waals surface area contributed by atoms with Crippen molar-refractivity contribution in [3.05, 3.63) is 34.9 Å². The highest BCUT2D eigenvalue weighted by Gasteiger charge is 2.27. The SMILES string of the molecule is CO[C@H]1CNCC1NC(=O)Cc1ccc(Cl)cc1. The van der Waals surface area contributed by atoms with E-state index in [1.54, 1.807) is 19.2 Å². The Bertz CT molecular complexity index is 408. The van der Waals surface area contributed by atoms with Gasteiger partial charge >= 0.3 is 0 Å². The molecule has 1 fully saturated rings. The first-order valence-corrected chi connectivity index (χ1v) is 6.34. The average Bonchev–Trinajstić information content (AvgIpc) is 2.79. The van der Waals surface area contributed by atoms with Crippen molar-refractivity contribution in [1.29, 1.82) is 0 Å². The molecule has 1 aliphatic rings. The van der Waals surface area contributed by atoms with Gasteiger partial charge < -0.3 is 15.4 Å². The lowest BCUT2D eigenvalue weighted by atomic mass is 10.1. The minimum Gasteiger partial charge on any atom is -0.378 e. The topological polar surface area (TPSA) is 50.4 Å². The van der Waals surface area contributed by atoms with Crippen LogP contribution >= 0.6 is 11.6 Å². The van der Waals surface area contributed by atoms with Crippen LogP contribution in [0.2, 0.25) is 5.02 Å². The summed E-state index contributed by atoms with van der Waals surface area (Å²) < 4.78 is 5.30. The summed E-state index contributed by atoms with van der Waals surface area (Å²) >= 11 is 5.80. The van der Waals surface area contributed by atoms with E-state index in [1.807, 2.05) is 12.1 Å². The molecule has 0 radical (unpaired) electrons. The summed E-state index contributed by atoms with van der Waals surface area (Å²) in [5, 5.41) is 6.86. The highest BCUT2D eigenvalue weighted by atomic mass is 35.5. The van der Waals surface area contributed by atoms with Gasteiger partial charge in [0.2, 0.25) is 5.91 Å². The van der Waals surface area contributed by atoms with E-state index in [9.17, 15) is 4.79 Å². The molecule has 5 heteroatoms. The maximum Gasteiger partial charge on any atom is 0.224 e. The normalized spacial score (nSPS) is 23.0. The molecular formula is C13H17ClN2O2. The van der Waals surface area contributed by atoms with Gasteiger partial charge in [0.1, 0.15) is 0 Å². The minimum atomic E-state index is 0.00747. The monoisotopic (exact) mass is 268 g/mol. The second kappa shape index (κ2) is 6.18. The second-order valence-corrected chi connectivity index (χ2v) is 4.85. The standard InChI is InChI=1S/C13H17ClN2O2/c1-18-12-8-15-7-11(12)16-13(17)6-9-2-4-10(14)5-3-9/h2-5,11-12,15H,6-8H2,1H3,(H,16,17)/t11?,12-/m0/s1. The summed E-state index contributed by atoms with van der Waals surface area (Å²) in [4.78, 5) is 11.9. The Morgan fingerprint density at radius 2 is 2.17 bits per heavy atom. The number of rotatable bonds is 4. The first-order valence-electron chi connectivity index (χ1n) is 5.96. The molecule has 0 aromatic heterocycles. The summed E-state index contributed by atoms with van der Waals surface area (Å²) in [5.41, 5.74) is 0.955. The Hall–Kier alpha value is -1.10. The highest BCUT2D eigenvalue weighted by molar-refractivity contribution is 6.30. The molecule has 2 N–H and O–H groups in total. The molecule has 2 atom stereocenters. The molecule has 1 heterocycles. The molecule has 4 nitrogen and oxygen atoms in total. The maximum atomic E-state index is 11.9. The third-order valence-electron chi connectivity index (χ3n) is 3.09. The largest absolute Gasteiger partial charge is 0.378 e. The molecule has 1 aliphatic heterocycles. The Labute approximate surface area is 112 Å². The molecule has 1 amide bonds. The molecule has 0 aliphatic carbocycles. The summed E-state index contributed by atoms with van der Waals surface area (Å²) in [5.74, 6) is 0.00747. The van der Waals surface area contributed by atoms with E-state index in [1.165, 1.54) is 0 Å². The molecule has 2 rings (SSSR count). The Morgan fingerprint density at radius 1 is 1.44 bits per heavy atom. The quantitative estimate of drug-likeness (QED) is 0.856. The van der Waals surface area contributed by atoms with Crippen molar-refractivity contribution in [1.82, 2.24) is 10.6 Å². The Morgan fingerprint density at radius 3 is 2.83 bits per heavy atom. The summed E-state index contributed by atoms with van der Waals surface area (Å²) in [7, 11) is 1.66. The van der Waals surface area contributed by atoms with Crippen molar-refractivity contribution in [2.75, 3.05) is 20.2 Å².